The van der Waals surface area contributed by atoms with Gasteiger partial charge in [-0.05, 0) is 131 Å². The fourth-order valence-electron chi connectivity index (χ4n) is 12.3. The van der Waals surface area contributed by atoms with E-state index in [9.17, 15) is 0 Å². The van der Waals surface area contributed by atoms with Crippen LogP contribution in [0.2, 0.25) is 0 Å². The Morgan fingerprint density at radius 2 is 0.930 bits per heavy atom. The van der Waals surface area contributed by atoms with Crippen LogP contribution in [0.5, 0.6) is 0 Å². The maximum atomic E-state index is 6.62. The maximum absolute atomic E-state index is 6.62. The summed E-state index contributed by atoms with van der Waals surface area (Å²) in [5.74, 6) is 0. The van der Waals surface area contributed by atoms with Crippen LogP contribution in [0.3, 0.4) is 0 Å². The van der Waals surface area contributed by atoms with Gasteiger partial charge in [-0.15, -0.1) is 0 Å². The number of rotatable bonds is 6. The third-order valence-corrected chi connectivity index (χ3v) is 15.5. The van der Waals surface area contributed by atoms with Crippen LogP contribution >= 0.6 is 0 Å². The number of nitrogens with zero attached hydrogens (tertiary/aromatic N) is 1. The molecule has 0 saturated heterocycles. The van der Waals surface area contributed by atoms with Crippen LogP contribution in [0, 0.1) is 0 Å². The lowest BCUT2D eigenvalue weighted by Gasteiger charge is -2.33. The summed E-state index contributed by atoms with van der Waals surface area (Å²) < 4.78 is 6.62. The van der Waals surface area contributed by atoms with Gasteiger partial charge >= 0.3 is 0 Å². The Kier molecular flexibility index (Phi) is 9.10. The molecule has 2 aliphatic carbocycles. The molecule has 71 heavy (non-hydrogen) atoms. The molecule has 0 amide bonds. The van der Waals surface area contributed by atoms with Crippen molar-refractivity contribution in [3.05, 3.63) is 270 Å². The highest BCUT2D eigenvalue weighted by molar-refractivity contribution is 6.18. The van der Waals surface area contributed by atoms with E-state index in [2.05, 4.69) is 268 Å². The summed E-state index contributed by atoms with van der Waals surface area (Å²) in [5.41, 5.74) is 23.3. The van der Waals surface area contributed by atoms with Crippen molar-refractivity contribution in [1.29, 1.82) is 0 Å². The van der Waals surface area contributed by atoms with Gasteiger partial charge in [0, 0.05) is 27.6 Å². The van der Waals surface area contributed by atoms with E-state index >= 15 is 0 Å². The monoisotopic (exact) mass is 907 g/mol. The van der Waals surface area contributed by atoms with Gasteiger partial charge in [0.15, 0.2) is 0 Å². The zero-order valence-corrected chi connectivity index (χ0v) is 39.9. The molecular weight excluding hydrogens is 859 g/mol. The second-order valence-corrected chi connectivity index (χ2v) is 20.3. The van der Waals surface area contributed by atoms with Gasteiger partial charge in [0.1, 0.15) is 11.2 Å². The zero-order valence-electron chi connectivity index (χ0n) is 39.9. The van der Waals surface area contributed by atoms with Crippen molar-refractivity contribution in [2.45, 2.75) is 31.6 Å². The lowest BCUT2D eigenvalue weighted by molar-refractivity contribution is 0.590. The van der Waals surface area contributed by atoms with Gasteiger partial charge in [0.05, 0.1) is 16.8 Å². The molecule has 11 aromatic carbocycles. The number of para-hydroxylation sites is 1. The molecule has 2 aliphatic rings. The Labute approximate surface area is 414 Å². The first-order valence-electron chi connectivity index (χ1n) is 24.8. The van der Waals surface area contributed by atoms with Crippen molar-refractivity contribution >= 4 is 49.8 Å². The van der Waals surface area contributed by atoms with E-state index in [-0.39, 0.29) is 5.41 Å². The molecule has 12 aromatic rings. The van der Waals surface area contributed by atoms with Gasteiger partial charge in [-0.3, -0.25) is 0 Å². The van der Waals surface area contributed by atoms with E-state index in [4.69, 9.17) is 4.42 Å². The zero-order chi connectivity index (χ0) is 47.4. The van der Waals surface area contributed by atoms with Crippen LogP contribution in [0.15, 0.2) is 247 Å². The highest BCUT2D eigenvalue weighted by atomic mass is 16.3. The summed E-state index contributed by atoms with van der Waals surface area (Å²) >= 11 is 0. The average molecular weight is 908 g/mol. The fourth-order valence-corrected chi connectivity index (χ4v) is 12.3. The van der Waals surface area contributed by atoms with Gasteiger partial charge in [-0.2, -0.15) is 0 Å². The molecule has 0 N–H and O–H groups in total. The predicted molar refractivity (Wildman–Crippen MR) is 297 cm³/mol. The van der Waals surface area contributed by atoms with Crippen LogP contribution in [0.25, 0.3) is 88.3 Å². The predicted octanol–water partition coefficient (Wildman–Crippen LogP) is 18.9. The van der Waals surface area contributed by atoms with Crippen LogP contribution in [-0.4, -0.2) is 0 Å². The molecule has 0 unspecified atom stereocenters. The number of anilines is 3. The third kappa shape index (κ3) is 6.14. The minimum atomic E-state index is -0.450. The molecule has 0 bridgehead atoms. The van der Waals surface area contributed by atoms with E-state index in [1.807, 2.05) is 0 Å². The summed E-state index contributed by atoms with van der Waals surface area (Å²) in [5, 5.41) is 4.57. The molecule has 0 aliphatic heterocycles. The molecule has 2 nitrogen and oxygen atoms in total. The lowest BCUT2D eigenvalue weighted by atomic mass is 9.70. The minimum Gasteiger partial charge on any atom is -0.456 e. The quantitative estimate of drug-likeness (QED) is 0.165. The Balaban J connectivity index is 1.08. The molecule has 0 radical (unpaired) electrons. The topological polar surface area (TPSA) is 16.4 Å². The summed E-state index contributed by atoms with van der Waals surface area (Å²) in [4.78, 5) is 2.54. The van der Waals surface area contributed by atoms with Crippen LogP contribution in [-0.2, 0) is 10.8 Å². The molecule has 0 atom stereocenters. The number of benzene rings is 11. The molecule has 2 heteroatoms. The van der Waals surface area contributed by atoms with Gasteiger partial charge in [-0.25, -0.2) is 0 Å². The van der Waals surface area contributed by atoms with Crippen molar-refractivity contribution in [2.24, 2.45) is 0 Å². The highest BCUT2D eigenvalue weighted by Gasteiger charge is 2.51. The smallest absolute Gasteiger partial charge is 0.136 e. The van der Waals surface area contributed by atoms with Crippen molar-refractivity contribution in [3.63, 3.8) is 0 Å². The SMILES string of the molecule is CC(C)(C)c1ccc(-c2ccc(N(c3ccc4c(c3)-c3ccccc3C43c4ccccc4-c4ccccc43)c3ccc4ccccc4c3-c3cccc4oc5ccccc5c34)c(-c3ccccc3)c2)cc1. The lowest BCUT2D eigenvalue weighted by Crippen LogP contribution is -2.25. The van der Waals surface area contributed by atoms with Gasteiger partial charge in [0.25, 0.3) is 0 Å². The molecule has 1 aromatic heterocycles. The molecule has 14 rings (SSSR count). The minimum absolute atomic E-state index is 0.0588. The van der Waals surface area contributed by atoms with Gasteiger partial charge in [-0.1, -0.05) is 221 Å². The average Bonchev–Trinajstić information content (AvgIpc) is 4.05. The van der Waals surface area contributed by atoms with E-state index in [1.165, 1.54) is 72.0 Å². The Morgan fingerprint density at radius 1 is 0.366 bits per heavy atom. The molecule has 0 fully saturated rings. The molecule has 0 saturated carbocycles. The molecule has 1 heterocycles. The molecular formula is C69H49NO. The Hall–Kier alpha value is -8.72. The summed E-state index contributed by atoms with van der Waals surface area (Å²) in [6.07, 6.45) is 0. The second-order valence-electron chi connectivity index (χ2n) is 20.3. The standard InChI is InChI=1S/C69H49NO/c1-68(2,3)48-36-32-44(33-37-48)47-35-40-62(56(42-47)45-18-5-4-6-19-45)70(63-41-34-46-20-7-8-21-50(46)66(63)55-26-17-31-65-67(55)54-25-12-16-30-64(54)71-65)49-38-39-61-57(43-49)53-24-11-15-29-60(53)69(61)58-27-13-9-22-51(58)52-23-10-14-28-59(52)69/h4-43H,1-3H3. The normalized spacial score (nSPS) is 13.1. The maximum Gasteiger partial charge on any atom is 0.136 e. The highest BCUT2D eigenvalue weighted by Crippen LogP contribution is 2.63. The Morgan fingerprint density at radius 3 is 1.65 bits per heavy atom. The first-order valence-corrected chi connectivity index (χ1v) is 24.8. The van der Waals surface area contributed by atoms with E-state index in [1.54, 1.807) is 0 Å². The van der Waals surface area contributed by atoms with Crippen molar-refractivity contribution in [3.8, 4) is 55.6 Å². The van der Waals surface area contributed by atoms with Crippen molar-refractivity contribution < 1.29 is 4.42 Å². The van der Waals surface area contributed by atoms with Crippen molar-refractivity contribution in [1.82, 2.24) is 0 Å². The number of hydrogen-bond donors (Lipinski definition) is 0. The number of fused-ring (bicyclic) bond motifs is 14. The largest absolute Gasteiger partial charge is 0.456 e. The van der Waals surface area contributed by atoms with E-state index in [0.29, 0.717) is 0 Å². The third-order valence-electron chi connectivity index (χ3n) is 15.5. The van der Waals surface area contributed by atoms with E-state index < -0.39 is 5.41 Å². The van der Waals surface area contributed by atoms with Gasteiger partial charge < -0.3 is 9.32 Å². The Bertz CT molecular complexity index is 4050. The first kappa shape index (κ1) is 41.3. The first-order chi connectivity index (χ1) is 34.9. The number of furan rings is 1. The number of hydrogen-bond acceptors (Lipinski definition) is 2. The van der Waals surface area contributed by atoms with Crippen LogP contribution < -0.4 is 4.90 Å². The summed E-state index contributed by atoms with van der Waals surface area (Å²) in [7, 11) is 0. The molecule has 336 valence electrons. The fraction of sp³-hybridized carbons (Fsp3) is 0.0725. The second kappa shape index (κ2) is 15.7. The van der Waals surface area contributed by atoms with E-state index in [0.717, 1.165) is 61.3 Å². The van der Waals surface area contributed by atoms with Crippen LogP contribution in [0.1, 0.15) is 48.6 Å². The summed E-state index contributed by atoms with van der Waals surface area (Å²) in [6.45, 7) is 6.83. The summed E-state index contributed by atoms with van der Waals surface area (Å²) in [6, 6.07) is 90.1. The van der Waals surface area contributed by atoms with Crippen molar-refractivity contribution in [2.75, 3.05) is 4.90 Å². The molecule has 1 spiro atoms. The van der Waals surface area contributed by atoms with Gasteiger partial charge in [0.2, 0.25) is 0 Å². The van der Waals surface area contributed by atoms with Crippen LogP contribution in [0.4, 0.5) is 17.1 Å².